The summed E-state index contributed by atoms with van der Waals surface area (Å²) in [5.74, 6) is -1.11. The highest BCUT2D eigenvalue weighted by molar-refractivity contribution is 5.91. The maximum Gasteiger partial charge on any atom is 0.371 e. The third-order valence-corrected chi connectivity index (χ3v) is 3.00. The quantitative estimate of drug-likeness (QED) is 0.608. The molecule has 0 fully saturated rings. The van der Waals surface area contributed by atoms with Crippen molar-refractivity contribution < 1.29 is 24.2 Å². The van der Waals surface area contributed by atoms with Crippen LogP contribution in [-0.4, -0.2) is 42.5 Å². The van der Waals surface area contributed by atoms with Gasteiger partial charge in [0.25, 0.3) is 0 Å². The molecule has 0 amide bonds. The molecule has 0 atom stereocenters. The number of carboxylic acids is 1. The summed E-state index contributed by atoms with van der Waals surface area (Å²) >= 11 is 0. The SMILES string of the molecule is O=C(O)c1cc2cc(CNCCCOCCO)ccc2o1. The molecule has 6 nitrogen and oxygen atoms in total. The zero-order chi connectivity index (χ0) is 15.1. The molecule has 0 bridgehead atoms. The van der Waals surface area contributed by atoms with Crippen molar-refractivity contribution in [1.82, 2.24) is 5.32 Å². The maximum absolute atomic E-state index is 10.8. The molecule has 1 aromatic heterocycles. The van der Waals surface area contributed by atoms with Gasteiger partial charge < -0.3 is 24.7 Å². The van der Waals surface area contributed by atoms with E-state index in [4.69, 9.17) is 19.4 Å². The van der Waals surface area contributed by atoms with Crippen LogP contribution in [0.25, 0.3) is 11.0 Å². The van der Waals surface area contributed by atoms with E-state index in [1.807, 2.05) is 12.1 Å². The molecule has 1 heterocycles. The highest BCUT2D eigenvalue weighted by Gasteiger charge is 2.10. The predicted octanol–water partition coefficient (Wildman–Crippen LogP) is 1.62. The van der Waals surface area contributed by atoms with Gasteiger partial charge in [-0.25, -0.2) is 4.79 Å². The summed E-state index contributed by atoms with van der Waals surface area (Å²) < 4.78 is 10.4. The van der Waals surface area contributed by atoms with E-state index in [0.29, 0.717) is 25.3 Å². The monoisotopic (exact) mass is 293 g/mol. The second-order valence-corrected chi connectivity index (χ2v) is 4.65. The van der Waals surface area contributed by atoms with Gasteiger partial charge in [0.1, 0.15) is 5.58 Å². The topological polar surface area (TPSA) is 91.9 Å². The van der Waals surface area contributed by atoms with E-state index in [2.05, 4.69) is 5.32 Å². The molecular weight excluding hydrogens is 274 g/mol. The van der Waals surface area contributed by atoms with Gasteiger partial charge in [0, 0.05) is 18.5 Å². The molecule has 3 N–H and O–H groups in total. The molecule has 0 aliphatic heterocycles. The number of aliphatic hydroxyl groups is 1. The number of hydrogen-bond acceptors (Lipinski definition) is 5. The lowest BCUT2D eigenvalue weighted by atomic mass is 10.1. The van der Waals surface area contributed by atoms with Gasteiger partial charge in [-0.2, -0.15) is 0 Å². The van der Waals surface area contributed by atoms with Gasteiger partial charge in [-0.1, -0.05) is 6.07 Å². The van der Waals surface area contributed by atoms with Crippen molar-refractivity contribution in [1.29, 1.82) is 0 Å². The smallest absolute Gasteiger partial charge is 0.371 e. The Hall–Kier alpha value is -1.89. The number of carboxylic acid groups (broad SMARTS) is 1. The van der Waals surface area contributed by atoms with Crippen LogP contribution in [0.4, 0.5) is 0 Å². The highest BCUT2D eigenvalue weighted by atomic mass is 16.5. The standard InChI is InChI=1S/C15H19NO5/c17-5-7-20-6-1-4-16-10-11-2-3-13-12(8-11)9-14(21-13)15(18)19/h2-3,8-9,16-17H,1,4-7,10H2,(H,18,19). The maximum atomic E-state index is 10.8. The molecule has 6 heteroatoms. The zero-order valence-electron chi connectivity index (χ0n) is 11.7. The van der Waals surface area contributed by atoms with Crippen molar-refractivity contribution in [3.05, 3.63) is 35.6 Å². The third kappa shape index (κ3) is 4.56. The molecule has 114 valence electrons. The van der Waals surface area contributed by atoms with Crippen molar-refractivity contribution in [2.24, 2.45) is 0 Å². The second-order valence-electron chi connectivity index (χ2n) is 4.65. The summed E-state index contributed by atoms with van der Waals surface area (Å²) in [4.78, 5) is 10.8. The number of carbonyl (C=O) groups is 1. The van der Waals surface area contributed by atoms with Crippen molar-refractivity contribution >= 4 is 16.9 Å². The third-order valence-electron chi connectivity index (χ3n) is 3.00. The van der Waals surface area contributed by atoms with Crippen molar-refractivity contribution in [3.8, 4) is 0 Å². The molecule has 0 saturated heterocycles. The van der Waals surface area contributed by atoms with E-state index in [9.17, 15) is 4.79 Å². The van der Waals surface area contributed by atoms with Crippen LogP contribution >= 0.6 is 0 Å². The molecule has 0 unspecified atom stereocenters. The molecule has 2 rings (SSSR count). The van der Waals surface area contributed by atoms with E-state index in [-0.39, 0.29) is 12.4 Å². The Balaban J connectivity index is 1.81. The zero-order valence-corrected chi connectivity index (χ0v) is 11.7. The van der Waals surface area contributed by atoms with Crippen molar-refractivity contribution in [3.63, 3.8) is 0 Å². The Bertz CT molecular complexity index is 593. The number of benzene rings is 1. The van der Waals surface area contributed by atoms with Crippen LogP contribution in [0.15, 0.2) is 28.7 Å². The minimum absolute atomic E-state index is 0.0452. The van der Waals surface area contributed by atoms with Crippen LogP contribution in [0.2, 0.25) is 0 Å². The fourth-order valence-corrected chi connectivity index (χ4v) is 2.01. The minimum Gasteiger partial charge on any atom is -0.475 e. The van der Waals surface area contributed by atoms with E-state index in [1.165, 1.54) is 6.07 Å². The number of aromatic carboxylic acids is 1. The second kappa shape index (κ2) is 7.78. The van der Waals surface area contributed by atoms with Crippen LogP contribution in [-0.2, 0) is 11.3 Å². The lowest BCUT2D eigenvalue weighted by molar-refractivity contribution is 0.0665. The number of nitrogens with one attached hydrogen (secondary N) is 1. The number of aliphatic hydroxyl groups excluding tert-OH is 1. The molecule has 0 aliphatic rings. The number of fused-ring (bicyclic) bond motifs is 1. The Morgan fingerprint density at radius 3 is 2.90 bits per heavy atom. The Morgan fingerprint density at radius 2 is 2.14 bits per heavy atom. The summed E-state index contributed by atoms with van der Waals surface area (Å²) in [6.07, 6.45) is 0.872. The highest BCUT2D eigenvalue weighted by Crippen LogP contribution is 2.20. The first-order valence-corrected chi connectivity index (χ1v) is 6.86. The van der Waals surface area contributed by atoms with Gasteiger partial charge >= 0.3 is 5.97 Å². The van der Waals surface area contributed by atoms with Gasteiger partial charge in [-0.05, 0) is 36.7 Å². The Kier molecular flexibility index (Phi) is 5.74. The first-order chi connectivity index (χ1) is 10.2. The lowest BCUT2D eigenvalue weighted by Crippen LogP contribution is -2.16. The molecule has 0 saturated carbocycles. The molecular formula is C15H19NO5. The molecule has 0 aliphatic carbocycles. The molecule has 0 radical (unpaired) electrons. The van der Waals surface area contributed by atoms with Crippen LogP contribution in [0, 0.1) is 0 Å². The predicted molar refractivity (Wildman–Crippen MR) is 77.4 cm³/mol. The lowest BCUT2D eigenvalue weighted by Gasteiger charge is -2.05. The van der Waals surface area contributed by atoms with Gasteiger partial charge in [0.2, 0.25) is 5.76 Å². The Morgan fingerprint density at radius 1 is 1.29 bits per heavy atom. The number of hydrogen-bond donors (Lipinski definition) is 3. The van der Waals surface area contributed by atoms with Gasteiger partial charge in [-0.15, -0.1) is 0 Å². The minimum atomic E-state index is -1.06. The van der Waals surface area contributed by atoms with E-state index >= 15 is 0 Å². The summed E-state index contributed by atoms with van der Waals surface area (Å²) in [6, 6.07) is 7.14. The summed E-state index contributed by atoms with van der Waals surface area (Å²) in [6.45, 7) is 2.56. The Labute approximate surface area is 122 Å². The average Bonchev–Trinajstić information content (AvgIpc) is 2.90. The van der Waals surface area contributed by atoms with Gasteiger partial charge in [-0.3, -0.25) is 0 Å². The van der Waals surface area contributed by atoms with Crippen molar-refractivity contribution in [2.45, 2.75) is 13.0 Å². The molecule has 21 heavy (non-hydrogen) atoms. The van der Waals surface area contributed by atoms with Gasteiger partial charge in [0.05, 0.1) is 13.2 Å². The summed E-state index contributed by atoms with van der Waals surface area (Å²) in [5.41, 5.74) is 1.64. The largest absolute Gasteiger partial charge is 0.475 e. The van der Waals surface area contributed by atoms with E-state index in [0.717, 1.165) is 23.9 Å². The molecule has 1 aromatic carbocycles. The van der Waals surface area contributed by atoms with E-state index < -0.39 is 5.97 Å². The van der Waals surface area contributed by atoms with E-state index in [1.54, 1.807) is 6.07 Å². The van der Waals surface area contributed by atoms with Crippen LogP contribution in [0.3, 0.4) is 0 Å². The number of furan rings is 1. The summed E-state index contributed by atoms with van der Waals surface area (Å²) in [7, 11) is 0. The fourth-order valence-electron chi connectivity index (χ4n) is 2.01. The average molecular weight is 293 g/mol. The number of ether oxygens (including phenoxy) is 1. The molecule has 0 spiro atoms. The van der Waals surface area contributed by atoms with Crippen LogP contribution in [0.1, 0.15) is 22.5 Å². The van der Waals surface area contributed by atoms with Gasteiger partial charge in [0.15, 0.2) is 0 Å². The van der Waals surface area contributed by atoms with Crippen LogP contribution < -0.4 is 5.32 Å². The number of rotatable bonds is 9. The molecule has 2 aromatic rings. The normalized spacial score (nSPS) is 11.1. The first-order valence-electron chi connectivity index (χ1n) is 6.86. The van der Waals surface area contributed by atoms with Crippen LogP contribution in [0.5, 0.6) is 0 Å². The summed E-state index contributed by atoms with van der Waals surface area (Å²) in [5, 5.41) is 21.5. The first kappa shape index (κ1) is 15.5. The fraction of sp³-hybridized carbons (Fsp3) is 0.400. The van der Waals surface area contributed by atoms with Crippen molar-refractivity contribution in [2.75, 3.05) is 26.4 Å².